The molecule has 0 spiro atoms. The number of alkyl halides is 1. The number of halogens is 1. The van der Waals surface area contributed by atoms with Gasteiger partial charge in [-0.25, -0.2) is 0 Å². The van der Waals surface area contributed by atoms with Gasteiger partial charge >= 0.3 is 0 Å². The topological polar surface area (TPSA) is 9.23 Å². The van der Waals surface area contributed by atoms with Crippen LogP contribution in [0.3, 0.4) is 0 Å². The molecule has 0 bridgehead atoms. The Balaban J connectivity index is 2.03. The minimum atomic E-state index is 0.736. The Kier molecular flexibility index (Phi) is 6.05. The quantitative estimate of drug-likeness (QED) is 0.674. The summed E-state index contributed by atoms with van der Waals surface area (Å²) >= 11 is 3.72. The van der Waals surface area contributed by atoms with Crippen molar-refractivity contribution in [3.63, 3.8) is 0 Å². The summed E-state index contributed by atoms with van der Waals surface area (Å²) in [6.07, 6.45) is 7.92. The molecular weight excluding hydrogens is 228 g/mol. The molecule has 1 aliphatic heterocycles. The third-order valence-corrected chi connectivity index (χ3v) is 3.66. The van der Waals surface area contributed by atoms with Gasteiger partial charge in [0.15, 0.2) is 0 Å². The van der Waals surface area contributed by atoms with Crippen LogP contribution in [0.5, 0.6) is 0 Å². The molecule has 0 saturated carbocycles. The van der Waals surface area contributed by atoms with Crippen molar-refractivity contribution in [2.45, 2.75) is 50.3 Å². The average molecular weight is 249 g/mol. The molecule has 2 atom stereocenters. The highest BCUT2D eigenvalue weighted by atomic mass is 79.9. The summed E-state index contributed by atoms with van der Waals surface area (Å²) in [6, 6.07) is 0. The minimum Gasteiger partial charge on any atom is -0.381 e. The van der Waals surface area contributed by atoms with E-state index < -0.39 is 0 Å². The van der Waals surface area contributed by atoms with Crippen LogP contribution in [0, 0.1) is 5.92 Å². The van der Waals surface area contributed by atoms with Crippen molar-refractivity contribution in [2.24, 2.45) is 5.92 Å². The zero-order chi connectivity index (χ0) is 9.52. The first-order valence-corrected chi connectivity index (χ1v) is 6.46. The van der Waals surface area contributed by atoms with Gasteiger partial charge in [-0.2, -0.15) is 0 Å². The van der Waals surface area contributed by atoms with E-state index in [2.05, 4.69) is 22.9 Å². The van der Waals surface area contributed by atoms with Gasteiger partial charge in [-0.3, -0.25) is 0 Å². The van der Waals surface area contributed by atoms with Crippen molar-refractivity contribution >= 4 is 15.9 Å². The fourth-order valence-electron chi connectivity index (χ4n) is 1.91. The van der Waals surface area contributed by atoms with E-state index in [-0.39, 0.29) is 0 Å². The molecule has 1 heterocycles. The average Bonchev–Trinajstić information content (AvgIpc) is 2.17. The van der Waals surface area contributed by atoms with E-state index in [1.165, 1.54) is 38.5 Å². The molecule has 1 saturated heterocycles. The third kappa shape index (κ3) is 5.02. The lowest BCUT2D eigenvalue weighted by molar-refractivity contribution is 0.0509. The van der Waals surface area contributed by atoms with Crippen LogP contribution in [-0.2, 0) is 4.74 Å². The number of ether oxygens (including phenoxy) is 1. The molecule has 0 aromatic carbocycles. The van der Waals surface area contributed by atoms with Gasteiger partial charge in [0, 0.05) is 18.0 Å². The third-order valence-electron chi connectivity index (χ3n) is 2.74. The van der Waals surface area contributed by atoms with Crippen molar-refractivity contribution in [1.29, 1.82) is 0 Å². The summed E-state index contributed by atoms with van der Waals surface area (Å²) in [7, 11) is 0. The summed E-state index contributed by atoms with van der Waals surface area (Å²) in [6.45, 7) is 4.24. The molecular formula is C11H21BrO. The SMILES string of the molecule is CCCC(Br)CCC1CCCOC1. The van der Waals surface area contributed by atoms with Gasteiger partial charge in [-0.15, -0.1) is 0 Å². The standard InChI is InChI=1S/C11H21BrO/c1-2-4-11(12)7-6-10-5-3-8-13-9-10/h10-11H,2-9H2,1H3. The summed E-state index contributed by atoms with van der Waals surface area (Å²) in [5.41, 5.74) is 0. The number of hydrogen-bond acceptors (Lipinski definition) is 1. The molecule has 1 fully saturated rings. The molecule has 0 aromatic rings. The van der Waals surface area contributed by atoms with Crippen LogP contribution in [0.2, 0.25) is 0 Å². The lowest BCUT2D eigenvalue weighted by Gasteiger charge is -2.22. The fourth-order valence-corrected chi connectivity index (χ4v) is 2.63. The first kappa shape index (κ1) is 11.5. The molecule has 0 aromatic heterocycles. The Hall–Kier alpha value is 0.440. The van der Waals surface area contributed by atoms with Crippen LogP contribution in [0.4, 0.5) is 0 Å². The Morgan fingerprint density at radius 2 is 2.31 bits per heavy atom. The van der Waals surface area contributed by atoms with E-state index >= 15 is 0 Å². The Labute approximate surface area is 90.4 Å². The summed E-state index contributed by atoms with van der Waals surface area (Å²) in [5.74, 6) is 0.839. The Bertz CT molecular complexity index is 121. The van der Waals surface area contributed by atoms with Crippen LogP contribution < -0.4 is 0 Å². The van der Waals surface area contributed by atoms with E-state index in [4.69, 9.17) is 4.74 Å². The predicted octanol–water partition coefficient (Wildman–Crippen LogP) is 3.76. The molecule has 0 radical (unpaired) electrons. The first-order valence-electron chi connectivity index (χ1n) is 5.54. The highest BCUT2D eigenvalue weighted by molar-refractivity contribution is 9.09. The van der Waals surface area contributed by atoms with Crippen LogP contribution in [0.15, 0.2) is 0 Å². The second-order valence-corrected chi connectivity index (χ2v) is 5.34. The van der Waals surface area contributed by atoms with Crippen LogP contribution >= 0.6 is 15.9 Å². The maximum absolute atomic E-state index is 5.46. The van der Waals surface area contributed by atoms with Gasteiger partial charge in [-0.05, 0) is 38.0 Å². The van der Waals surface area contributed by atoms with Crippen LogP contribution in [0.25, 0.3) is 0 Å². The van der Waals surface area contributed by atoms with Gasteiger partial charge < -0.3 is 4.74 Å². The van der Waals surface area contributed by atoms with Gasteiger partial charge in [-0.1, -0.05) is 29.3 Å². The zero-order valence-corrected chi connectivity index (χ0v) is 10.2. The first-order chi connectivity index (χ1) is 6.33. The summed E-state index contributed by atoms with van der Waals surface area (Å²) in [4.78, 5) is 0.736. The number of hydrogen-bond donors (Lipinski definition) is 0. The molecule has 0 N–H and O–H groups in total. The highest BCUT2D eigenvalue weighted by Crippen LogP contribution is 2.23. The van der Waals surface area contributed by atoms with Crippen LogP contribution in [-0.4, -0.2) is 18.0 Å². The van der Waals surface area contributed by atoms with Crippen molar-refractivity contribution in [3.05, 3.63) is 0 Å². The largest absolute Gasteiger partial charge is 0.381 e. The maximum atomic E-state index is 5.46. The Morgan fingerprint density at radius 3 is 2.92 bits per heavy atom. The lowest BCUT2D eigenvalue weighted by atomic mass is 9.95. The van der Waals surface area contributed by atoms with Crippen molar-refractivity contribution in [1.82, 2.24) is 0 Å². The molecule has 2 heteroatoms. The predicted molar refractivity (Wildman–Crippen MR) is 60.4 cm³/mol. The van der Waals surface area contributed by atoms with Crippen molar-refractivity contribution in [3.8, 4) is 0 Å². The van der Waals surface area contributed by atoms with E-state index in [0.29, 0.717) is 0 Å². The van der Waals surface area contributed by atoms with E-state index in [9.17, 15) is 0 Å². The highest BCUT2D eigenvalue weighted by Gasteiger charge is 2.14. The van der Waals surface area contributed by atoms with E-state index in [0.717, 1.165) is 24.0 Å². The lowest BCUT2D eigenvalue weighted by Crippen LogP contribution is -2.18. The fraction of sp³-hybridized carbons (Fsp3) is 1.00. The molecule has 1 nitrogen and oxygen atoms in total. The normalized spacial score (nSPS) is 25.8. The smallest absolute Gasteiger partial charge is 0.0494 e. The molecule has 78 valence electrons. The van der Waals surface area contributed by atoms with Crippen molar-refractivity contribution in [2.75, 3.05) is 13.2 Å². The molecule has 1 rings (SSSR count). The zero-order valence-electron chi connectivity index (χ0n) is 8.60. The molecule has 0 aliphatic carbocycles. The van der Waals surface area contributed by atoms with Gasteiger partial charge in [0.2, 0.25) is 0 Å². The maximum Gasteiger partial charge on any atom is 0.0494 e. The van der Waals surface area contributed by atoms with Crippen LogP contribution in [0.1, 0.15) is 45.4 Å². The summed E-state index contributed by atoms with van der Waals surface area (Å²) < 4.78 is 5.46. The Morgan fingerprint density at radius 1 is 1.46 bits per heavy atom. The monoisotopic (exact) mass is 248 g/mol. The molecule has 1 aliphatic rings. The van der Waals surface area contributed by atoms with Crippen molar-refractivity contribution < 1.29 is 4.74 Å². The second-order valence-electron chi connectivity index (χ2n) is 4.05. The second kappa shape index (κ2) is 6.83. The van der Waals surface area contributed by atoms with E-state index in [1.54, 1.807) is 0 Å². The molecule has 13 heavy (non-hydrogen) atoms. The molecule has 2 unspecified atom stereocenters. The minimum absolute atomic E-state index is 0.736. The summed E-state index contributed by atoms with van der Waals surface area (Å²) in [5, 5.41) is 0. The number of rotatable bonds is 5. The van der Waals surface area contributed by atoms with E-state index in [1.807, 2.05) is 0 Å². The molecule has 0 amide bonds. The van der Waals surface area contributed by atoms with Gasteiger partial charge in [0.1, 0.15) is 0 Å². The van der Waals surface area contributed by atoms with Gasteiger partial charge in [0.25, 0.3) is 0 Å². The van der Waals surface area contributed by atoms with Gasteiger partial charge in [0.05, 0.1) is 0 Å².